The number of rotatable bonds is 3. The molecule has 9 heteroatoms. The van der Waals surface area contributed by atoms with Crippen LogP contribution in [0.1, 0.15) is 12.0 Å². The Balaban J connectivity index is 2.15. The van der Waals surface area contributed by atoms with Gasteiger partial charge in [-0.2, -0.15) is 18.3 Å². The number of hydrogen-bond acceptors (Lipinski definition) is 5. The Morgan fingerprint density at radius 1 is 1.50 bits per heavy atom. The summed E-state index contributed by atoms with van der Waals surface area (Å²) in [7, 11) is 0. The first-order valence-corrected chi connectivity index (χ1v) is 5.88. The lowest BCUT2D eigenvalue weighted by Crippen LogP contribution is -2.24. The first-order chi connectivity index (χ1) is 9.27. The van der Waals surface area contributed by atoms with Gasteiger partial charge in [0.1, 0.15) is 0 Å². The van der Waals surface area contributed by atoms with Crippen LogP contribution in [0.25, 0.3) is 0 Å². The maximum atomic E-state index is 12.6. The number of hydrogen-bond donors (Lipinski definition) is 2. The molecule has 3 N–H and O–H groups in total. The Kier molecular flexibility index (Phi) is 3.80. The summed E-state index contributed by atoms with van der Waals surface area (Å²) >= 11 is 0. The molecule has 1 aliphatic rings. The summed E-state index contributed by atoms with van der Waals surface area (Å²) < 4.78 is 37.7. The van der Waals surface area contributed by atoms with Crippen molar-refractivity contribution in [3.63, 3.8) is 0 Å². The second-order valence-electron chi connectivity index (χ2n) is 4.70. The minimum atomic E-state index is -4.50. The molecule has 1 aromatic heterocycles. The van der Waals surface area contributed by atoms with Crippen LogP contribution in [0.4, 0.5) is 19.0 Å². The van der Waals surface area contributed by atoms with E-state index in [0.717, 1.165) is 6.07 Å². The molecule has 2 atom stereocenters. The quantitative estimate of drug-likeness (QED) is 0.827. The number of primary amides is 1. The van der Waals surface area contributed by atoms with Crippen LogP contribution in [0.3, 0.4) is 0 Å². The largest absolute Gasteiger partial charge is 0.418 e. The van der Waals surface area contributed by atoms with Crippen molar-refractivity contribution in [2.75, 3.05) is 18.0 Å². The topological polar surface area (TPSA) is 92.3 Å². The third-order valence-corrected chi connectivity index (χ3v) is 3.16. The summed E-state index contributed by atoms with van der Waals surface area (Å²) in [6.45, 7) is 0.300. The van der Waals surface area contributed by atoms with Crippen molar-refractivity contribution >= 4 is 11.7 Å². The molecule has 20 heavy (non-hydrogen) atoms. The predicted molar refractivity (Wildman–Crippen MR) is 62.6 cm³/mol. The average Bonchev–Trinajstić information content (AvgIpc) is 2.69. The Labute approximate surface area is 112 Å². The van der Waals surface area contributed by atoms with Crippen molar-refractivity contribution < 1.29 is 23.1 Å². The molecular formula is C11H13F3N4O2. The van der Waals surface area contributed by atoms with E-state index in [1.807, 2.05) is 0 Å². The fourth-order valence-electron chi connectivity index (χ4n) is 2.17. The molecule has 6 nitrogen and oxygen atoms in total. The maximum absolute atomic E-state index is 12.6. The Bertz CT molecular complexity index is 509. The van der Waals surface area contributed by atoms with Gasteiger partial charge in [0, 0.05) is 25.4 Å². The molecule has 1 saturated heterocycles. The van der Waals surface area contributed by atoms with Gasteiger partial charge < -0.3 is 15.7 Å². The highest BCUT2D eigenvalue weighted by molar-refractivity contribution is 5.74. The molecule has 1 aromatic rings. The number of halogens is 3. The van der Waals surface area contributed by atoms with Crippen molar-refractivity contribution in [3.8, 4) is 0 Å². The average molecular weight is 290 g/mol. The minimum Gasteiger partial charge on any atom is -0.391 e. The van der Waals surface area contributed by atoms with E-state index in [1.54, 1.807) is 0 Å². The molecule has 2 rings (SSSR count). The lowest BCUT2D eigenvalue weighted by molar-refractivity contribution is -0.137. The van der Waals surface area contributed by atoms with E-state index >= 15 is 0 Å². The predicted octanol–water partition coefficient (Wildman–Crippen LogP) is 0.168. The number of β-amino-alcohol motifs (C(OH)–C–C–N with tert-alkyl or cyclic N) is 1. The number of aromatic nitrogens is 2. The maximum Gasteiger partial charge on any atom is 0.418 e. The van der Waals surface area contributed by atoms with Crippen molar-refractivity contribution in [2.45, 2.75) is 18.7 Å². The molecule has 0 saturated carbocycles. The van der Waals surface area contributed by atoms with Crippen molar-refractivity contribution in [3.05, 3.63) is 17.8 Å². The third-order valence-electron chi connectivity index (χ3n) is 3.16. The SMILES string of the molecule is NC(=O)C[C@@H]1CN(c2cc(C(F)(F)F)cnn2)C[C@H]1O. The van der Waals surface area contributed by atoms with E-state index in [4.69, 9.17) is 5.73 Å². The van der Waals surface area contributed by atoms with Crippen LogP contribution in [-0.2, 0) is 11.0 Å². The lowest BCUT2D eigenvalue weighted by Gasteiger charge is -2.17. The Hall–Kier alpha value is -1.90. The summed E-state index contributed by atoms with van der Waals surface area (Å²) in [4.78, 5) is 12.3. The number of nitrogens with two attached hydrogens (primary N) is 1. The molecular weight excluding hydrogens is 277 g/mol. The summed E-state index contributed by atoms with van der Waals surface area (Å²) in [6, 6.07) is 0.867. The molecule has 0 bridgehead atoms. The Morgan fingerprint density at radius 3 is 2.80 bits per heavy atom. The number of alkyl halides is 3. The monoisotopic (exact) mass is 290 g/mol. The van der Waals surface area contributed by atoms with Crippen LogP contribution in [0, 0.1) is 5.92 Å². The molecule has 0 unspecified atom stereocenters. The van der Waals surface area contributed by atoms with E-state index in [9.17, 15) is 23.1 Å². The summed E-state index contributed by atoms with van der Waals surface area (Å²) in [5.41, 5.74) is 4.15. The summed E-state index contributed by atoms with van der Waals surface area (Å²) in [5, 5.41) is 16.7. The molecule has 0 aliphatic carbocycles. The molecule has 0 radical (unpaired) electrons. The standard InChI is InChI=1S/C11H13F3N4O2/c12-11(13,14)7-2-10(17-16-3-7)18-4-6(1-9(15)20)8(19)5-18/h2-3,6,8,19H,1,4-5H2,(H2,15,20)/t6-,8-/m1/s1. The van der Waals surface area contributed by atoms with Crippen LogP contribution in [0.5, 0.6) is 0 Å². The van der Waals surface area contributed by atoms with Crippen LogP contribution in [-0.4, -0.2) is 40.4 Å². The molecule has 0 spiro atoms. The van der Waals surface area contributed by atoms with E-state index in [1.165, 1.54) is 4.90 Å². The normalized spacial score (nSPS) is 23.1. The number of amides is 1. The number of anilines is 1. The molecule has 2 heterocycles. The van der Waals surface area contributed by atoms with Crippen molar-refractivity contribution in [1.29, 1.82) is 0 Å². The van der Waals surface area contributed by atoms with Gasteiger partial charge in [0.2, 0.25) is 5.91 Å². The number of aliphatic hydroxyl groups excluding tert-OH is 1. The Morgan fingerprint density at radius 2 is 2.20 bits per heavy atom. The molecule has 110 valence electrons. The zero-order chi connectivity index (χ0) is 14.9. The molecule has 1 fully saturated rings. The summed E-state index contributed by atoms with van der Waals surface area (Å²) in [6.07, 6.45) is -4.73. The van der Waals surface area contributed by atoms with Gasteiger partial charge in [-0.15, -0.1) is 5.10 Å². The number of aliphatic hydroxyl groups is 1. The zero-order valence-electron chi connectivity index (χ0n) is 10.3. The number of nitrogens with zero attached hydrogens (tertiary/aromatic N) is 3. The second-order valence-corrected chi connectivity index (χ2v) is 4.70. The van der Waals surface area contributed by atoms with E-state index in [2.05, 4.69) is 10.2 Å². The zero-order valence-corrected chi connectivity index (χ0v) is 10.3. The fraction of sp³-hybridized carbons (Fsp3) is 0.545. The van der Waals surface area contributed by atoms with E-state index in [0.29, 0.717) is 6.20 Å². The van der Waals surface area contributed by atoms with Crippen LogP contribution >= 0.6 is 0 Å². The van der Waals surface area contributed by atoms with E-state index < -0.39 is 29.7 Å². The van der Waals surface area contributed by atoms with Gasteiger partial charge >= 0.3 is 6.18 Å². The van der Waals surface area contributed by atoms with Gasteiger partial charge in [-0.1, -0.05) is 0 Å². The van der Waals surface area contributed by atoms with Gasteiger partial charge in [0.05, 0.1) is 17.9 Å². The summed E-state index contributed by atoms with van der Waals surface area (Å²) in [5.74, 6) is -0.958. The second kappa shape index (κ2) is 5.23. The third kappa shape index (κ3) is 3.16. The first kappa shape index (κ1) is 14.5. The van der Waals surface area contributed by atoms with Crippen LogP contribution in [0.15, 0.2) is 12.3 Å². The van der Waals surface area contributed by atoms with Crippen molar-refractivity contribution in [1.82, 2.24) is 10.2 Å². The minimum absolute atomic E-state index is 0.0193. The van der Waals surface area contributed by atoms with Crippen LogP contribution in [0.2, 0.25) is 0 Å². The highest BCUT2D eigenvalue weighted by atomic mass is 19.4. The number of carbonyl (C=O) groups excluding carboxylic acids is 1. The smallest absolute Gasteiger partial charge is 0.391 e. The lowest BCUT2D eigenvalue weighted by atomic mass is 10.0. The van der Waals surface area contributed by atoms with E-state index in [-0.39, 0.29) is 25.3 Å². The van der Waals surface area contributed by atoms with Gasteiger partial charge in [-0.3, -0.25) is 4.79 Å². The van der Waals surface area contributed by atoms with Crippen molar-refractivity contribution in [2.24, 2.45) is 11.7 Å². The fourth-order valence-corrected chi connectivity index (χ4v) is 2.17. The first-order valence-electron chi connectivity index (χ1n) is 5.88. The molecule has 1 aliphatic heterocycles. The highest BCUT2D eigenvalue weighted by Gasteiger charge is 2.35. The van der Waals surface area contributed by atoms with Gasteiger partial charge in [-0.25, -0.2) is 0 Å². The van der Waals surface area contributed by atoms with Gasteiger partial charge in [-0.05, 0) is 6.07 Å². The van der Waals surface area contributed by atoms with Gasteiger partial charge in [0.15, 0.2) is 5.82 Å². The van der Waals surface area contributed by atoms with Crippen LogP contribution < -0.4 is 10.6 Å². The highest BCUT2D eigenvalue weighted by Crippen LogP contribution is 2.31. The molecule has 0 aromatic carbocycles. The van der Waals surface area contributed by atoms with Gasteiger partial charge in [0.25, 0.3) is 0 Å². The number of carbonyl (C=O) groups is 1. The molecule has 1 amide bonds.